The lowest BCUT2D eigenvalue weighted by atomic mass is 10.1. The molecule has 0 fully saturated rings. The van der Waals surface area contributed by atoms with E-state index in [1.807, 2.05) is 47.8 Å². The minimum atomic E-state index is -0.238. The zero-order valence-corrected chi connectivity index (χ0v) is 19.0. The molecule has 0 saturated carbocycles. The molecule has 2 aromatic carbocycles. The first-order chi connectivity index (χ1) is 15.6. The topological polar surface area (TPSA) is 78.3 Å². The van der Waals surface area contributed by atoms with Gasteiger partial charge in [0.25, 0.3) is 5.91 Å². The molecule has 4 aromatic rings. The average Bonchev–Trinajstić information content (AvgIpc) is 3.50. The van der Waals surface area contributed by atoms with Crippen molar-refractivity contribution in [3.8, 4) is 28.4 Å². The van der Waals surface area contributed by atoms with E-state index in [9.17, 15) is 4.79 Å². The molecule has 1 amide bonds. The molecule has 0 unspecified atom stereocenters. The highest BCUT2D eigenvalue weighted by Gasteiger charge is 2.22. The summed E-state index contributed by atoms with van der Waals surface area (Å²) in [6.45, 7) is 2.41. The van der Waals surface area contributed by atoms with Gasteiger partial charge < -0.3 is 14.8 Å². The highest BCUT2D eigenvalue weighted by atomic mass is 32.1. The number of nitrogens with zero attached hydrogens (tertiary/aromatic N) is 3. The van der Waals surface area contributed by atoms with Crippen LogP contribution in [-0.4, -0.2) is 34.9 Å². The molecule has 0 bridgehead atoms. The molecule has 0 atom stereocenters. The molecule has 4 rings (SSSR count). The van der Waals surface area contributed by atoms with E-state index >= 15 is 0 Å². The van der Waals surface area contributed by atoms with Gasteiger partial charge in [0.15, 0.2) is 0 Å². The molecule has 1 N–H and O–H groups in total. The van der Waals surface area contributed by atoms with Crippen LogP contribution in [0.2, 0.25) is 0 Å². The van der Waals surface area contributed by atoms with Crippen LogP contribution in [0.1, 0.15) is 28.0 Å². The number of aromatic nitrogens is 3. The Morgan fingerprint density at radius 2 is 1.94 bits per heavy atom. The number of rotatable bonds is 8. The number of thiazole rings is 1. The quantitative estimate of drug-likeness (QED) is 0.429. The van der Waals surface area contributed by atoms with Crippen LogP contribution in [0.5, 0.6) is 11.5 Å². The molecule has 2 aromatic heterocycles. The summed E-state index contributed by atoms with van der Waals surface area (Å²) in [5.74, 6) is 1.01. The van der Waals surface area contributed by atoms with Crippen LogP contribution in [0.4, 0.5) is 0 Å². The van der Waals surface area contributed by atoms with Crippen molar-refractivity contribution in [1.82, 2.24) is 20.1 Å². The SMILES string of the molecule is CCc1nc(CNC(=O)c2cn(-c3ccccc3)nc2-c2cc(OC)ccc2OC)cs1. The number of ether oxygens (including phenoxy) is 2. The number of hydrogen-bond donors (Lipinski definition) is 1. The van der Waals surface area contributed by atoms with Crippen molar-refractivity contribution in [3.63, 3.8) is 0 Å². The monoisotopic (exact) mass is 448 g/mol. The summed E-state index contributed by atoms with van der Waals surface area (Å²) in [5.41, 5.74) is 3.31. The van der Waals surface area contributed by atoms with E-state index in [0.29, 0.717) is 34.9 Å². The van der Waals surface area contributed by atoms with Gasteiger partial charge in [-0.3, -0.25) is 4.79 Å². The van der Waals surface area contributed by atoms with Gasteiger partial charge in [0.1, 0.15) is 17.2 Å². The molecule has 32 heavy (non-hydrogen) atoms. The number of nitrogens with one attached hydrogen (secondary N) is 1. The third kappa shape index (κ3) is 4.50. The second-order valence-corrected chi connectivity index (χ2v) is 7.95. The fourth-order valence-corrected chi connectivity index (χ4v) is 4.05. The van der Waals surface area contributed by atoms with Crippen molar-refractivity contribution in [2.75, 3.05) is 14.2 Å². The summed E-state index contributed by atoms with van der Waals surface area (Å²) in [7, 11) is 3.19. The van der Waals surface area contributed by atoms with E-state index in [1.54, 1.807) is 42.5 Å². The van der Waals surface area contributed by atoms with Crippen molar-refractivity contribution >= 4 is 17.2 Å². The molecule has 7 nitrogen and oxygen atoms in total. The van der Waals surface area contributed by atoms with Crippen LogP contribution in [-0.2, 0) is 13.0 Å². The molecule has 164 valence electrons. The van der Waals surface area contributed by atoms with Crippen LogP contribution in [0, 0.1) is 0 Å². The molecule has 0 aliphatic carbocycles. The molecular formula is C24H24N4O3S. The summed E-state index contributed by atoms with van der Waals surface area (Å²) in [5, 5.41) is 10.7. The molecule has 0 spiro atoms. The lowest BCUT2D eigenvalue weighted by Crippen LogP contribution is -2.23. The van der Waals surface area contributed by atoms with Gasteiger partial charge in [-0.25, -0.2) is 9.67 Å². The van der Waals surface area contributed by atoms with Crippen LogP contribution in [0.25, 0.3) is 16.9 Å². The lowest BCUT2D eigenvalue weighted by Gasteiger charge is -2.10. The second-order valence-electron chi connectivity index (χ2n) is 7.01. The van der Waals surface area contributed by atoms with Gasteiger partial charge in [-0.1, -0.05) is 25.1 Å². The first-order valence-electron chi connectivity index (χ1n) is 10.2. The van der Waals surface area contributed by atoms with Gasteiger partial charge in [0.2, 0.25) is 0 Å². The fourth-order valence-electron chi connectivity index (χ4n) is 3.31. The zero-order valence-electron chi connectivity index (χ0n) is 18.2. The molecule has 8 heteroatoms. The van der Waals surface area contributed by atoms with Gasteiger partial charge in [-0.2, -0.15) is 5.10 Å². The van der Waals surface area contributed by atoms with Crippen molar-refractivity contribution in [1.29, 1.82) is 0 Å². The molecule has 0 aliphatic heterocycles. The highest BCUT2D eigenvalue weighted by molar-refractivity contribution is 7.09. The van der Waals surface area contributed by atoms with Crippen molar-refractivity contribution in [2.24, 2.45) is 0 Å². The third-order valence-electron chi connectivity index (χ3n) is 4.97. The van der Waals surface area contributed by atoms with Gasteiger partial charge in [-0.05, 0) is 36.8 Å². The number of hydrogen-bond acceptors (Lipinski definition) is 6. The second kappa shape index (κ2) is 9.65. The lowest BCUT2D eigenvalue weighted by molar-refractivity contribution is 0.0951. The van der Waals surface area contributed by atoms with Crippen molar-refractivity contribution in [3.05, 3.63) is 76.4 Å². The summed E-state index contributed by atoms with van der Waals surface area (Å²) >= 11 is 1.60. The Kier molecular flexibility index (Phi) is 6.51. The van der Waals surface area contributed by atoms with Crippen LogP contribution in [0.3, 0.4) is 0 Å². The summed E-state index contributed by atoms with van der Waals surface area (Å²) in [6, 6.07) is 15.1. The van der Waals surface area contributed by atoms with Gasteiger partial charge >= 0.3 is 0 Å². The maximum absolute atomic E-state index is 13.2. The zero-order chi connectivity index (χ0) is 22.5. The van der Waals surface area contributed by atoms with Gasteiger partial charge in [0, 0.05) is 17.1 Å². The number of methoxy groups -OCH3 is 2. The molecule has 0 aliphatic rings. The Hall–Kier alpha value is -3.65. The minimum Gasteiger partial charge on any atom is -0.497 e. The van der Waals surface area contributed by atoms with Crippen molar-refractivity contribution < 1.29 is 14.3 Å². The third-order valence-corrected chi connectivity index (χ3v) is 6.02. The van der Waals surface area contributed by atoms with Crippen LogP contribution >= 0.6 is 11.3 Å². The number of amides is 1. The Balaban J connectivity index is 1.73. The van der Waals surface area contributed by atoms with E-state index in [0.717, 1.165) is 22.8 Å². The molecule has 0 saturated heterocycles. The van der Waals surface area contributed by atoms with Crippen LogP contribution < -0.4 is 14.8 Å². The summed E-state index contributed by atoms with van der Waals surface area (Å²) in [4.78, 5) is 17.8. The normalized spacial score (nSPS) is 10.7. The first kappa shape index (κ1) is 21.6. The fraction of sp³-hybridized carbons (Fsp3) is 0.208. The molecule has 2 heterocycles. The summed E-state index contributed by atoms with van der Waals surface area (Å²) < 4.78 is 12.6. The first-order valence-corrected chi connectivity index (χ1v) is 11.1. The standard InChI is InChI=1S/C24H24N4O3S/c1-4-22-26-16(15-32-22)13-25-24(29)20-14-28(17-8-6-5-7-9-17)27-23(20)19-12-18(30-2)10-11-21(19)31-3/h5-12,14-15H,4,13H2,1-3H3,(H,25,29). The minimum absolute atomic E-state index is 0.238. The Morgan fingerprint density at radius 3 is 2.62 bits per heavy atom. The van der Waals surface area contributed by atoms with E-state index in [1.165, 1.54) is 0 Å². The van der Waals surface area contributed by atoms with Gasteiger partial charge in [-0.15, -0.1) is 11.3 Å². The Morgan fingerprint density at radius 1 is 1.12 bits per heavy atom. The number of carbonyl (C=O) groups is 1. The Labute approximate surface area is 190 Å². The maximum atomic E-state index is 13.2. The van der Waals surface area contributed by atoms with E-state index < -0.39 is 0 Å². The molecular weight excluding hydrogens is 424 g/mol. The predicted octanol–water partition coefficient (Wildman–Crippen LogP) is 4.51. The smallest absolute Gasteiger partial charge is 0.255 e. The van der Waals surface area contributed by atoms with E-state index in [-0.39, 0.29) is 5.91 Å². The van der Waals surface area contributed by atoms with Gasteiger partial charge in [0.05, 0.1) is 42.7 Å². The van der Waals surface area contributed by atoms with Crippen molar-refractivity contribution in [2.45, 2.75) is 19.9 Å². The highest BCUT2D eigenvalue weighted by Crippen LogP contribution is 2.35. The molecule has 0 radical (unpaired) electrons. The predicted molar refractivity (Wildman–Crippen MR) is 125 cm³/mol. The Bertz CT molecular complexity index is 1220. The maximum Gasteiger partial charge on any atom is 0.255 e. The van der Waals surface area contributed by atoms with E-state index in [2.05, 4.69) is 17.2 Å². The number of benzene rings is 2. The number of para-hydroxylation sites is 1. The average molecular weight is 449 g/mol. The largest absolute Gasteiger partial charge is 0.497 e. The number of aryl methyl sites for hydroxylation is 1. The van der Waals surface area contributed by atoms with E-state index in [4.69, 9.17) is 14.6 Å². The van der Waals surface area contributed by atoms with Crippen LogP contribution in [0.15, 0.2) is 60.1 Å². The number of carbonyl (C=O) groups excluding carboxylic acids is 1. The summed E-state index contributed by atoms with van der Waals surface area (Å²) in [6.07, 6.45) is 2.61.